The van der Waals surface area contributed by atoms with Crippen LogP contribution in [0.1, 0.15) is 25.0 Å². The molecule has 0 bridgehead atoms. The molecule has 0 aromatic heterocycles. The molecule has 0 heterocycles. The second kappa shape index (κ2) is 10.3. The third-order valence-corrected chi connectivity index (χ3v) is 4.65. The Morgan fingerprint density at radius 2 is 1.81 bits per heavy atom. The number of amides is 1. The van der Waals surface area contributed by atoms with Crippen molar-refractivity contribution in [1.29, 1.82) is 5.41 Å². The van der Waals surface area contributed by atoms with Crippen LogP contribution in [0.25, 0.3) is 0 Å². The summed E-state index contributed by atoms with van der Waals surface area (Å²) in [6, 6.07) is 21.3. The second-order valence-electron chi connectivity index (χ2n) is 7.73. The fourth-order valence-electron chi connectivity index (χ4n) is 3.25. The molecule has 0 saturated carbocycles. The average Bonchev–Trinajstić information content (AvgIpc) is 2.74. The Morgan fingerprint density at radius 3 is 2.47 bits per heavy atom. The van der Waals surface area contributed by atoms with Gasteiger partial charge in [0.05, 0.1) is 12.6 Å². The highest BCUT2D eigenvalue weighted by Gasteiger charge is 2.14. The number of nitrogens with two attached hydrogens (primary N) is 1. The first-order chi connectivity index (χ1) is 15.3. The first kappa shape index (κ1) is 22.7. The number of phenolic OH excluding ortho intramolecular Hbond substituents is 1. The Morgan fingerprint density at radius 1 is 1.09 bits per heavy atom. The molecule has 0 spiro atoms. The molecule has 0 fully saturated rings. The van der Waals surface area contributed by atoms with Crippen LogP contribution in [0.15, 0.2) is 72.8 Å². The Kier molecular flexibility index (Phi) is 7.33. The largest absolute Gasteiger partial charge is 0.508 e. The lowest BCUT2D eigenvalue weighted by Gasteiger charge is -2.25. The molecule has 0 aliphatic carbocycles. The fraction of sp³-hybridized carbons (Fsp3) is 0.200. The van der Waals surface area contributed by atoms with Crippen LogP contribution >= 0.6 is 0 Å². The number of hydrogen-bond donors (Lipinski definition) is 4. The third-order valence-electron chi connectivity index (χ3n) is 4.65. The lowest BCUT2D eigenvalue weighted by Crippen LogP contribution is -2.33. The van der Waals surface area contributed by atoms with Crippen LogP contribution < -0.4 is 20.7 Å². The molecule has 3 aromatic carbocycles. The predicted octanol–water partition coefficient (Wildman–Crippen LogP) is 4.11. The van der Waals surface area contributed by atoms with Gasteiger partial charge in [0.2, 0.25) is 5.91 Å². The number of carbonyl (C=O) groups excluding carboxylic acids is 1. The van der Waals surface area contributed by atoms with E-state index >= 15 is 0 Å². The Bertz CT molecular complexity index is 1080. The molecule has 0 radical (unpaired) electrons. The number of rotatable bonds is 9. The quantitative estimate of drug-likeness (QED) is 0.300. The molecule has 1 amide bonds. The van der Waals surface area contributed by atoms with Crippen molar-refractivity contribution in [2.24, 2.45) is 5.73 Å². The van der Waals surface area contributed by atoms with E-state index in [-0.39, 0.29) is 30.1 Å². The number of nitrogens with zero attached hydrogens (tertiary/aromatic N) is 1. The lowest BCUT2D eigenvalue weighted by atomic mass is 10.1. The molecule has 3 aromatic rings. The van der Waals surface area contributed by atoms with E-state index in [1.165, 1.54) is 0 Å². The first-order valence-electron chi connectivity index (χ1n) is 10.3. The van der Waals surface area contributed by atoms with Gasteiger partial charge in [-0.3, -0.25) is 10.2 Å². The van der Waals surface area contributed by atoms with Gasteiger partial charge in [0.1, 0.15) is 17.3 Å². The van der Waals surface area contributed by atoms with Crippen molar-refractivity contribution >= 4 is 23.1 Å². The zero-order valence-electron chi connectivity index (χ0n) is 18.2. The molecule has 0 aliphatic heterocycles. The normalized spacial score (nSPS) is 10.6. The maximum absolute atomic E-state index is 12.8. The van der Waals surface area contributed by atoms with Gasteiger partial charge in [-0.25, -0.2) is 0 Å². The van der Waals surface area contributed by atoms with Crippen molar-refractivity contribution in [2.45, 2.75) is 26.5 Å². The van der Waals surface area contributed by atoms with Crippen molar-refractivity contribution in [2.75, 3.05) is 16.8 Å². The highest BCUT2D eigenvalue weighted by molar-refractivity contribution is 5.97. The number of carbonyl (C=O) groups is 1. The van der Waals surface area contributed by atoms with Gasteiger partial charge in [-0.15, -0.1) is 0 Å². The van der Waals surface area contributed by atoms with E-state index in [4.69, 9.17) is 15.9 Å². The Labute approximate surface area is 188 Å². The smallest absolute Gasteiger partial charge is 0.243 e. The summed E-state index contributed by atoms with van der Waals surface area (Å²) in [4.78, 5) is 14.7. The Hall–Kier alpha value is -4.00. The van der Waals surface area contributed by atoms with Gasteiger partial charge in [0.25, 0.3) is 0 Å². The number of anilines is 2. The number of benzene rings is 3. The van der Waals surface area contributed by atoms with E-state index in [9.17, 15) is 9.90 Å². The highest BCUT2D eigenvalue weighted by Crippen LogP contribution is 2.22. The summed E-state index contributed by atoms with van der Waals surface area (Å²) in [6.45, 7) is 4.38. The van der Waals surface area contributed by atoms with Crippen LogP contribution in [0, 0.1) is 5.41 Å². The van der Waals surface area contributed by atoms with Crippen molar-refractivity contribution in [3.05, 3.63) is 83.9 Å². The molecular weight excluding hydrogens is 404 g/mol. The number of ether oxygens (including phenoxy) is 1. The van der Waals surface area contributed by atoms with Crippen LogP contribution in [0.4, 0.5) is 11.4 Å². The molecule has 7 nitrogen and oxygen atoms in total. The summed E-state index contributed by atoms with van der Waals surface area (Å²) >= 11 is 0. The lowest BCUT2D eigenvalue weighted by molar-refractivity contribution is -0.115. The van der Waals surface area contributed by atoms with E-state index in [0.717, 1.165) is 17.0 Å². The highest BCUT2D eigenvalue weighted by atomic mass is 16.5. The predicted molar refractivity (Wildman–Crippen MR) is 127 cm³/mol. The van der Waals surface area contributed by atoms with Gasteiger partial charge >= 0.3 is 0 Å². The van der Waals surface area contributed by atoms with Crippen molar-refractivity contribution in [1.82, 2.24) is 0 Å². The molecule has 7 heteroatoms. The summed E-state index contributed by atoms with van der Waals surface area (Å²) in [5.41, 5.74) is 8.48. The van der Waals surface area contributed by atoms with Crippen LogP contribution in [-0.4, -0.2) is 29.5 Å². The standard InChI is InChI=1S/C25H28N4O3/c1-17(2)32-23-11-9-20(10-12-23)28-24(31)16-29(15-18-5-3-8-22(30)13-18)21-7-4-6-19(14-21)25(26)27/h3-14,17,30H,15-16H2,1-2H3,(H3,26,27)(H,28,31). The number of nitrogen functional groups attached to an aromatic ring is 1. The molecule has 166 valence electrons. The van der Waals surface area contributed by atoms with E-state index < -0.39 is 0 Å². The zero-order chi connectivity index (χ0) is 23.1. The van der Waals surface area contributed by atoms with Crippen molar-refractivity contribution < 1.29 is 14.6 Å². The maximum atomic E-state index is 12.8. The minimum absolute atomic E-state index is 0.0442. The van der Waals surface area contributed by atoms with Gasteiger partial charge in [-0.05, 0) is 67.9 Å². The molecule has 32 heavy (non-hydrogen) atoms. The summed E-state index contributed by atoms with van der Waals surface area (Å²) in [5, 5.41) is 20.4. The average molecular weight is 433 g/mol. The number of phenols is 1. The summed E-state index contributed by atoms with van der Waals surface area (Å²) in [6.07, 6.45) is 0.0761. The fourth-order valence-corrected chi connectivity index (χ4v) is 3.25. The molecule has 0 unspecified atom stereocenters. The maximum Gasteiger partial charge on any atom is 0.243 e. The van der Waals surface area contributed by atoms with E-state index in [0.29, 0.717) is 17.8 Å². The van der Waals surface area contributed by atoms with E-state index in [1.807, 2.05) is 43.0 Å². The molecule has 0 aliphatic rings. The second-order valence-corrected chi connectivity index (χ2v) is 7.73. The topological polar surface area (TPSA) is 112 Å². The summed E-state index contributed by atoms with van der Waals surface area (Å²) in [7, 11) is 0. The molecule has 3 rings (SSSR count). The first-order valence-corrected chi connectivity index (χ1v) is 10.3. The number of hydrogen-bond acceptors (Lipinski definition) is 5. The van der Waals surface area contributed by atoms with Gasteiger partial charge in [0.15, 0.2) is 0 Å². The zero-order valence-corrected chi connectivity index (χ0v) is 18.2. The SMILES string of the molecule is CC(C)Oc1ccc(NC(=O)CN(Cc2cccc(O)c2)c2cccc(C(=N)N)c2)cc1. The van der Waals surface area contributed by atoms with E-state index in [1.54, 1.807) is 48.5 Å². The minimum atomic E-state index is -0.198. The van der Waals surface area contributed by atoms with Gasteiger partial charge < -0.3 is 25.8 Å². The minimum Gasteiger partial charge on any atom is -0.508 e. The molecule has 5 N–H and O–H groups in total. The third kappa shape index (κ3) is 6.50. The number of aromatic hydroxyl groups is 1. The molecular formula is C25H28N4O3. The van der Waals surface area contributed by atoms with Gasteiger partial charge in [-0.1, -0.05) is 24.3 Å². The number of nitrogens with one attached hydrogen (secondary N) is 2. The monoisotopic (exact) mass is 432 g/mol. The van der Waals surface area contributed by atoms with Gasteiger partial charge in [0, 0.05) is 23.5 Å². The van der Waals surface area contributed by atoms with Crippen molar-refractivity contribution in [3.8, 4) is 11.5 Å². The van der Waals surface area contributed by atoms with E-state index in [2.05, 4.69) is 5.32 Å². The molecule has 0 saturated heterocycles. The number of amidine groups is 1. The summed E-state index contributed by atoms with van der Waals surface area (Å²) < 4.78 is 5.63. The van der Waals surface area contributed by atoms with Crippen LogP contribution in [0.3, 0.4) is 0 Å². The summed E-state index contributed by atoms with van der Waals surface area (Å²) in [5.74, 6) is 0.658. The Balaban J connectivity index is 1.77. The molecule has 0 atom stereocenters. The van der Waals surface area contributed by atoms with Crippen molar-refractivity contribution in [3.63, 3.8) is 0 Å². The van der Waals surface area contributed by atoms with Gasteiger partial charge in [-0.2, -0.15) is 0 Å². The van der Waals surface area contributed by atoms with Crippen LogP contribution in [0.2, 0.25) is 0 Å². The van der Waals surface area contributed by atoms with Crippen LogP contribution in [0.5, 0.6) is 11.5 Å². The van der Waals surface area contributed by atoms with Crippen LogP contribution in [-0.2, 0) is 11.3 Å².